The Morgan fingerprint density at radius 2 is 1.97 bits per heavy atom. The third kappa shape index (κ3) is 6.30. The lowest BCUT2D eigenvalue weighted by Gasteiger charge is -2.38. The Labute approximate surface area is 218 Å². The molecule has 196 valence electrons. The van der Waals surface area contributed by atoms with Gasteiger partial charge in [-0.1, -0.05) is 12.1 Å². The number of aryl methyl sites for hydroxylation is 1. The lowest BCUT2D eigenvalue weighted by atomic mass is 9.86. The molecular formula is C29H36N4O4. The van der Waals surface area contributed by atoms with E-state index in [0.717, 1.165) is 49.0 Å². The molecule has 1 aliphatic carbocycles. The minimum atomic E-state index is -0.941. The third-order valence-electron chi connectivity index (χ3n) is 7.68. The molecule has 2 aliphatic rings. The van der Waals surface area contributed by atoms with Crippen molar-refractivity contribution in [1.29, 1.82) is 5.26 Å². The number of ether oxygens (including phenoxy) is 1. The van der Waals surface area contributed by atoms with Crippen molar-refractivity contribution in [3.05, 3.63) is 59.2 Å². The van der Waals surface area contributed by atoms with Crippen LogP contribution in [0.3, 0.4) is 0 Å². The molecular weight excluding hydrogens is 468 g/mol. The molecule has 4 rings (SSSR count). The number of carbonyl (C=O) groups is 2. The molecule has 1 saturated heterocycles. The Balaban J connectivity index is 1.32. The van der Waals surface area contributed by atoms with E-state index in [1.807, 2.05) is 38.2 Å². The highest BCUT2D eigenvalue weighted by atomic mass is 16.5. The van der Waals surface area contributed by atoms with E-state index in [0.29, 0.717) is 30.9 Å². The summed E-state index contributed by atoms with van der Waals surface area (Å²) in [7, 11) is 1.83. The maximum atomic E-state index is 13.3. The fourth-order valence-corrected chi connectivity index (χ4v) is 5.32. The zero-order valence-electron chi connectivity index (χ0n) is 21.9. The van der Waals surface area contributed by atoms with E-state index in [1.165, 1.54) is 0 Å². The number of amides is 1. The van der Waals surface area contributed by atoms with E-state index >= 15 is 0 Å². The smallest absolute Gasteiger partial charge is 0.324 e. The lowest BCUT2D eigenvalue weighted by molar-refractivity contribution is -0.146. The first-order chi connectivity index (χ1) is 17.7. The summed E-state index contributed by atoms with van der Waals surface area (Å²) in [6.07, 6.45) is 3.21. The summed E-state index contributed by atoms with van der Waals surface area (Å²) in [5.74, 6) is -0.0469. The summed E-state index contributed by atoms with van der Waals surface area (Å²) < 4.78 is 6.07. The number of hydrogen-bond acceptors (Lipinski definition) is 6. The summed E-state index contributed by atoms with van der Waals surface area (Å²) >= 11 is 0. The van der Waals surface area contributed by atoms with Crippen LogP contribution in [-0.4, -0.2) is 60.2 Å². The monoisotopic (exact) mass is 504 g/mol. The van der Waals surface area contributed by atoms with Gasteiger partial charge in [0.2, 0.25) is 5.91 Å². The van der Waals surface area contributed by atoms with Gasteiger partial charge in [0.05, 0.1) is 17.7 Å². The molecule has 37 heavy (non-hydrogen) atoms. The first-order valence-electron chi connectivity index (χ1n) is 12.9. The maximum Gasteiger partial charge on any atom is 0.324 e. The van der Waals surface area contributed by atoms with Crippen LogP contribution in [-0.2, 0) is 16.1 Å². The largest absolute Gasteiger partial charge is 0.490 e. The lowest BCUT2D eigenvalue weighted by Crippen LogP contribution is -2.62. The molecule has 1 heterocycles. The van der Waals surface area contributed by atoms with Crippen LogP contribution in [0.5, 0.6) is 5.75 Å². The van der Waals surface area contributed by atoms with Gasteiger partial charge in [0.25, 0.3) is 0 Å². The minimum absolute atomic E-state index is 0.0372. The average Bonchev–Trinajstić information content (AvgIpc) is 2.89. The summed E-state index contributed by atoms with van der Waals surface area (Å²) in [6.45, 7) is 6.31. The van der Waals surface area contributed by atoms with Crippen LogP contribution in [0.1, 0.15) is 49.3 Å². The number of benzene rings is 2. The predicted molar refractivity (Wildman–Crippen MR) is 141 cm³/mol. The van der Waals surface area contributed by atoms with Gasteiger partial charge in [0, 0.05) is 44.8 Å². The number of hydrogen-bond donors (Lipinski definition) is 2. The van der Waals surface area contributed by atoms with E-state index in [4.69, 9.17) is 10.00 Å². The molecule has 1 aliphatic heterocycles. The molecule has 0 spiro atoms. The van der Waals surface area contributed by atoms with Crippen molar-refractivity contribution >= 4 is 17.6 Å². The number of rotatable bonds is 7. The number of carboxylic acids is 1. The van der Waals surface area contributed by atoms with E-state index in [2.05, 4.69) is 22.4 Å². The highest BCUT2D eigenvalue weighted by Crippen LogP contribution is 2.31. The molecule has 2 aromatic rings. The number of aliphatic carboxylic acids is 1. The van der Waals surface area contributed by atoms with Crippen LogP contribution >= 0.6 is 0 Å². The number of nitrogens with one attached hydrogen (secondary N) is 1. The molecule has 0 bridgehead atoms. The summed E-state index contributed by atoms with van der Waals surface area (Å²) in [4.78, 5) is 28.8. The van der Waals surface area contributed by atoms with E-state index < -0.39 is 11.5 Å². The first kappa shape index (κ1) is 26.6. The molecule has 0 unspecified atom stereocenters. The molecule has 0 aromatic heterocycles. The van der Waals surface area contributed by atoms with Gasteiger partial charge < -0.3 is 14.7 Å². The molecule has 2 N–H and O–H groups in total. The van der Waals surface area contributed by atoms with Crippen LogP contribution in [0.25, 0.3) is 0 Å². The van der Waals surface area contributed by atoms with Crippen molar-refractivity contribution in [2.75, 3.05) is 31.6 Å². The van der Waals surface area contributed by atoms with Crippen molar-refractivity contribution in [2.45, 2.75) is 57.7 Å². The van der Waals surface area contributed by atoms with Crippen molar-refractivity contribution in [1.82, 2.24) is 10.2 Å². The number of nitrogens with zero attached hydrogens (tertiary/aromatic N) is 3. The zero-order chi connectivity index (χ0) is 26.6. The summed E-state index contributed by atoms with van der Waals surface area (Å²) in [6, 6.07) is 15.4. The summed E-state index contributed by atoms with van der Waals surface area (Å²) in [5, 5.41) is 21.7. The van der Waals surface area contributed by atoms with Gasteiger partial charge in [0.15, 0.2) is 0 Å². The van der Waals surface area contributed by atoms with Crippen LogP contribution in [0.4, 0.5) is 5.69 Å². The van der Waals surface area contributed by atoms with Crippen molar-refractivity contribution < 1.29 is 19.4 Å². The molecule has 2 aromatic carbocycles. The zero-order valence-corrected chi connectivity index (χ0v) is 21.9. The molecule has 0 radical (unpaired) electrons. The van der Waals surface area contributed by atoms with Gasteiger partial charge in [-0.15, -0.1) is 0 Å². The van der Waals surface area contributed by atoms with Gasteiger partial charge in [-0.05, 0) is 81.0 Å². The second kappa shape index (κ2) is 11.3. The van der Waals surface area contributed by atoms with Gasteiger partial charge in [0.1, 0.15) is 11.3 Å². The second-order valence-corrected chi connectivity index (χ2v) is 10.5. The molecule has 1 saturated carbocycles. The Morgan fingerprint density at radius 1 is 1.22 bits per heavy atom. The first-order valence-corrected chi connectivity index (χ1v) is 12.9. The number of carboxylic acid groups (broad SMARTS) is 1. The normalized spacial score (nSPS) is 24.2. The average molecular weight is 505 g/mol. The Kier molecular flexibility index (Phi) is 8.16. The van der Waals surface area contributed by atoms with Crippen LogP contribution < -0.4 is 15.0 Å². The number of anilines is 1. The maximum absolute atomic E-state index is 13.3. The Bertz CT molecular complexity index is 1180. The van der Waals surface area contributed by atoms with Crippen molar-refractivity contribution in [3.8, 4) is 11.8 Å². The van der Waals surface area contributed by atoms with Gasteiger partial charge in [-0.25, -0.2) is 0 Å². The molecule has 8 heteroatoms. The summed E-state index contributed by atoms with van der Waals surface area (Å²) in [5.41, 5.74) is 2.73. The second-order valence-electron chi connectivity index (χ2n) is 10.5. The fourth-order valence-electron chi connectivity index (χ4n) is 5.32. The Hall–Kier alpha value is -3.41. The highest BCUT2D eigenvalue weighted by molar-refractivity contribution is 5.94. The van der Waals surface area contributed by atoms with Crippen molar-refractivity contribution in [2.24, 2.45) is 5.92 Å². The van der Waals surface area contributed by atoms with E-state index in [-0.39, 0.29) is 17.9 Å². The molecule has 8 nitrogen and oxygen atoms in total. The number of carbonyl (C=O) groups excluding carboxylic acids is 1. The minimum Gasteiger partial charge on any atom is -0.490 e. The number of piperazine rings is 1. The van der Waals surface area contributed by atoms with Gasteiger partial charge >= 0.3 is 5.97 Å². The van der Waals surface area contributed by atoms with Gasteiger partial charge in [-0.2, -0.15) is 5.26 Å². The molecule has 2 fully saturated rings. The molecule has 1 amide bonds. The number of nitriles is 1. The van der Waals surface area contributed by atoms with Crippen LogP contribution in [0.2, 0.25) is 0 Å². The van der Waals surface area contributed by atoms with E-state index in [9.17, 15) is 14.7 Å². The third-order valence-corrected chi connectivity index (χ3v) is 7.68. The fraction of sp³-hybridized carbons (Fsp3) is 0.483. The topological polar surface area (TPSA) is 106 Å². The SMILES string of the molecule is Cc1cc(N(C)C(=O)[C@H]2CC[C@H](Oc3cccc(C#N)c3)CC2)ccc1CN1CCN[C@](C)(C(=O)O)C1. The highest BCUT2D eigenvalue weighted by Gasteiger charge is 2.37. The van der Waals surface area contributed by atoms with E-state index in [1.54, 1.807) is 24.0 Å². The standard InChI is InChI=1S/C29H36N4O4/c1-20-15-24(10-7-23(20)18-33-14-13-31-29(2,19-33)28(35)36)32(3)27(34)22-8-11-25(12-9-22)37-26-6-4-5-21(16-26)17-30/h4-7,10,15-16,22,25,31H,8-9,11-14,18-19H2,1-3H3,(H,35,36)/t22-,25-,29-/m0/s1. The Morgan fingerprint density at radius 3 is 2.65 bits per heavy atom. The predicted octanol–water partition coefficient (Wildman–Crippen LogP) is 3.72. The van der Waals surface area contributed by atoms with Crippen LogP contribution in [0, 0.1) is 24.2 Å². The van der Waals surface area contributed by atoms with Gasteiger partial charge in [-0.3, -0.25) is 19.8 Å². The molecule has 1 atom stereocenters. The quantitative estimate of drug-likeness (QED) is 0.592. The van der Waals surface area contributed by atoms with Crippen molar-refractivity contribution in [3.63, 3.8) is 0 Å². The van der Waals surface area contributed by atoms with Crippen LogP contribution in [0.15, 0.2) is 42.5 Å².